The largest absolute Gasteiger partial charge is 0.462 e. The maximum Gasteiger partial charge on any atom is 0.302 e. The molecule has 6 aliphatic rings. The van der Waals surface area contributed by atoms with Gasteiger partial charge < -0.3 is 23.7 Å². The predicted molar refractivity (Wildman–Crippen MR) is 140 cm³/mol. The van der Waals surface area contributed by atoms with Crippen LogP contribution in [0.25, 0.3) is 0 Å². The molecule has 0 radical (unpaired) electrons. The van der Waals surface area contributed by atoms with Gasteiger partial charge in [0.2, 0.25) is 0 Å². The van der Waals surface area contributed by atoms with Gasteiger partial charge in [-0.3, -0.25) is 14.4 Å². The molecule has 0 aromatic carbocycles. The van der Waals surface area contributed by atoms with Crippen LogP contribution in [0.3, 0.4) is 0 Å². The lowest BCUT2D eigenvalue weighted by Crippen LogP contribution is -2.73. The Labute approximate surface area is 232 Å². The topological polar surface area (TPSA) is 101 Å². The molecular formula is C31H46O8. The summed E-state index contributed by atoms with van der Waals surface area (Å²) in [7, 11) is 0. The predicted octanol–water partition coefficient (Wildman–Crippen LogP) is 4.46. The number of rotatable bonds is 4. The van der Waals surface area contributed by atoms with Gasteiger partial charge in [-0.25, -0.2) is 0 Å². The van der Waals surface area contributed by atoms with Crippen molar-refractivity contribution in [1.29, 1.82) is 0 Å². The second kappa shape index (κ2) is 8.91. The number of fused-ring (bicyclic) bond motifs is 3. The van der Waals surface area contributed by atoms with Crippen molar-refractivity contribution in [2.75, 3.05) is 13.2 Å². The van der Waals surface area contributed by atoms with Gasteiger partial charge in [-0.05, 0) is 61.7 Å². The van der Waals surface area contributed by atoms with Crippen molar-refractivity contribution in [3.8, 4) is 0 Å². The van der Waals surface area contributed by atoms with Gasteiger partial charge in [-0.2, -0.15) is 0 Å². The van der Waals surface area contributed by atoms with Crippen LogP contribution in [0, 0.1) is 45.8 Å². The third-order valence-electron chi connectivity index (χ3n) is 12.6. The van der Waals surface area contributed by atoms with Crippen LogP contribution in [-0.4, -0.2) is 61.1 Å². The van der Waals surface area contributed by atoms with Crippen LogP contribution in [-0.2, 0) is 38.1 Å². The molecule has 2 aliphatic heterocycles. The molecule has 8 heteroatoms. The van der Waals surface area contributed by atoms with E-state index in [1.165, 1.54) is 20.8 Å². The molecular weight excluding hydrogens is 500 g/mol. The number of hydrogen-bond acceptors (Lipinski definition) is 8. The lowest BCUT2D eigenvalue weighted by Gasteiger charge is -2.69. The SMILES string of the molecule is CC(=O)O[C@H]1C[C@@H](OC(C)=O)C(C)(C)C2C[C@@H](OC(C)=O)[C@]3(C)C(CCC4[C@H](C5CCOC5)C[C@H]5OC453)[C@]21C. The molecule has 4 saturated carbocycles. The average Bonchev–Trinajstić information content (AvgIpc) is 3.16. The van der Waals surface area contributed by atoms with Crippen molar-refractivity contribution < 1.29 is 38.1 Å². The van der Waals surface area contributed by atoms with Gasteiger partial charge in [-0.15, -0.1) is 0 Å². The first-order valence-electron chi connectivity index (χ1n) is 15.0. The fourth-order valence-electron chi connectivity index (χ4n) is 11.2. The molecule has 6 fully saturated rings. The summed E-state index contributed by atoms with van der Waals surface area (Å²) in [6, 6.07) is 0. The number of epoxide rings is 1. The number of ether oxygens (including phenoxy) is 5. The molecule has 2 heterocycles. The number of hydrogen-bond donors (Lipinski definition) is 0. The highest BCUT2D eigenvalue weighted by molar-refractivity contribution is 5.67. The van der Waals surface area contributed by atoms with Crippen molar-refractivity contribution in [3.05, 3.63) is 0 Å². The van der Waals surface area contributed by atoms with E-state index >= 15 is 0 Å². The van der Waals surface area contributed by atoms with Crippen LogP contribution in [0.2, 0.25) is 0 Å². The van der Waals surface area contributed by atoms with Crippen LogP contribution in [0.15, 0.2) is 0 Å². The minimum atomic E-state index is -0.422. The maximum absolute atomic E-state index is 12.6. The number of carbonyl (C=O) groups is 3. The Balaban J connectivity index is 1.46. The normalized spacial score (nSPS) is 51.0. The van der Waals surface area contributed by atoms with Gasteiger partial charge >= 0.3 is 17.9 Å². The van der Waals surface area contributed by atoms with Gasteiger partial charge in [0.1, 0.15) is 23.9 Å². The van der Waals surface area contributed by atoms with Crippen molar-refractivity contribution in [2.45, 2.75) is 117 Å². The Morgan fingerprint density at radius 2 is 1.38 bits per heavy atom. The Morgan fingerprint density at radius 1 is 0.744 bits per heavy atom. The zero-order valence-electron chi connectivity index (χ0n) is 24.6. The first-order valence-corrected chi connectivity index (χ1v) is 15.0. The van der Waals surface area contributed by atoms with E-state index in [4.69, 9.17) is 23.7 Å². The Hall–Kier alpha value is -1.67. The molecule has 5 unspecified atom stereocenters. The molecule has 0 aromatic rings. The highest BCUT2D eigenvalue weighted by Crippen LogP contribution is 2.79. The Kier molecular flexibility index (Phi) is 6.28. The standard InChI is InChI=1S/C31H46O8/c1-16(32)36-24-14-25(37-17(2)33)29(6)22-9-8-21-20(19-10-11-35-15-19)12-27-31(21,39-27)30(22,7)26(38-18(3)34)13-23(29)28(24,4)5/h19-27H,8-15H2,1-7H3/t19?,20-,21?,22?,23?,24+,25-,26+,27+,29+,30-,31?/m0/s1. The summed E-state index contributed by atoms with van der Waals surface area (Å²) in [6.45, 7) is 15.0. The lowest BCUT2D eigenvalue weighted by atomic mass is 9.36. The first kappa shape index (κ1) is 27.5. The molecule has 1 spiro atoms. The minimum Gasteiger partial charge on any atom is -0.462 e. The second-order valence-corrected chi connectivity index (χ2v) is 14.4. The van der Waals surface area contributed by atoms with E-state index in [-0.39, 0.29) is 47.6 Å². The monoisotopic (exact) mass is 546 g/mol. The molecule has 4 aliphatic carbocycles. The summed E-state index contributed by atoms with van der Waals surface area (Å²) in [5.41, 5.74) is -1.57. The van der Waals surface area contributed by atoms with E-state index in [0.717, 1.165) is 38.9 Å². The van der Waals surface area contributed by atoms with Gasteiger partial charge in [0.15, 0.2) is 0 Å². The van der Waals surface area contributed by atoms with Gasteiger partial charge in [-0.1, -0.05) is 27.7 Å². The van der Waals surface area contributed by atoms with Gasteiger partial charge in [0.25, 0.3) is 0 Å². The van der Waals surface area contributed by atoms with Crippen LogP contribution in [0.5, 0.6) is 0 Å². The smallest absolute Gasteiger partial charge is 0.302 e. The van der Waals surface area contributed by atoms with E-state index in [9.17, 15) is 14.4 Å². The summed E-state index contributed by atoms with van der Waals surface area (Å²) in [4.78, 5) is 37.2. The quantitative estimate of drug-likeness (QED) is 0.289. The summed E-state index contributed by atoms with van der Waals surface area (Å²) in [6.07, 6.45) is 4.25. The Bertz CT molecular complexity index is 1050. The van der Waals surface area contributed by atoms with Gasteiger partial charge in [0, 0.05) is 56.7 Å². The van der Waals surface area contributed by atoms with E-state index in [1.807, 2.05) is 0 Å². The van der Waals surface area contributed by atoms with E-state index in [1.54, 1.807) is 0 Å². The summed E-state index contributed by atoms with van der Waals surface area (Å²) in [5.74, 6) is 0.709. The summed E-state index contributed by atoms with van der Waals surface area (Å²) in [5, 5.41) is 0. The molecule has 6 rings (SSSR count). The molecule has 39 heavy (non-hydrogen) atoms. The zero-order chi connectivity index (χ0) is 28.1. The highest BCUT2D eigenvalue weighted by Gasteiger charge is 2.84. The summed E-state index contributed by atoms with van der Waals surface area (Å²) >= 11 is 0. The van der Waals surface area contributed by atoms with E-state index in [2.05, 4.69) is 27.7 Å². The van der Waals surface area contributed by atoms with Gasteiger partial charge in [0.05, 0.1) is 6.10 Å². The van der Waals surface area contributed by atoms with Crippen molar-refractivity contribution in [2.24, 2.45) is 45.8 Å². The third-order valence-corrected chi connectivity index (χ3v) is 12.6. The number of carbonyl (C=O) groups excluding carboxylic acids is 3. The van der Waals surface area contributed by atoms with Crippen LogP contribution in [0.4, 0.5) is 0 Å². The lowest BCUT2D eigenvalue weighted by molar-refractivity contribution is -0.283. The fourth-order valence-corrected chi connectivity index (χ4v) is 11.2. The van der Waals surface area contributed by atoms with E-state index in [0.29, 0.717) is 30.6 Å². The Morgan fingerprint density at radius 3 is 2.00 bits per heavy atom. The molecule has 0 bridgehead atoms. The van der Waals surface area contributed by atoms with Crippen molar-refractivity contribution >= 4 is 17.9 Å². The molecule has 2 saturated heterocycles. The van der Waals surface area contributed by atoms with E-state index < -0.39 is 28.5 Å². The van der Waals surface area contributed by atoms with Crippen LogP contribution in [0.1, 0.15) is 87.0 Å². The molecule has 218 valence electrons. The van der Waals surface area contributed by atoms with Crippen LogP contribution < -0.4 is 0 Å². The fraction of sp³-hybridized carbons (Fsp3) is 0.903. The first-order chi connectivity index (χ1) is 18.3. The second-order valence-electron chi connectivity index (χ2n) is 14.4. The molecule has 0 amide bonds. The zero-order valence-corrected chi connectivity index (χ0v) is 24.6. The van der Waals surface area contributed by atoms with Crippen molar-refractivity contribution in [3.63, 3.8) is 0 Å². The average molecular weight is 547 g/mol. The number of esters is 3. The third kappa shape index (κ3) is 3.65. The van der Waals surface area contributed by atoms with Crippen LogP contribution >= 0.6 is 0 Å². The maximum atomic E-state index is 12.6. The molecule has 12 atom stereocenters. The molecule has 0 aromatic heterocycles. The van der Waals surface area contributed by atoms with Crippen molar-refractivity contribution in [1.82, 2.24) is 0 Å². The minimum absolute atomic E-state index is 0.000423. The molecule has 0 N–H and O–H groups in total. The highest BCUT2D eigenvalue weighted by atomic mass is 16.6. The summed E-state index contributed by atoms with van der Waals surface area (Å²) < 4.78 is 30.9. The molecule has 8 nitrogen and oxygen atoms in total.